The molecule has 3 aromatic rings. The standard InChI is InChI=1S/C16H14FNOS/c1-16(19,12-6-13(17)9-18-8-12)7-11-10-20-15-5-3-2-4-14(11)15/h2-6,8-10,19H,7H2,1H3. The molecule has 0 spiro atoms. The Hall–Kier alpha value is -1.78. The van der Waals surface area contributed by atoms with E-state index < -0.39 is 11.4 Å². The lowest BCUT2D eigenvalue weighted by atomic mass is 9.90. The zero-order chi connectivity index (χ0) is 14.2. The molecule has 0 aliphatic rings. The van der Waals surface area contributed by atoms with Crippen molar-refractivity contribution in [3.63, 3.8) is 0 Å². The molecule has 0 aliphatic carbocycles. The summed E-state index contributed by atoms with van der Waals surface area (Å²) >= 11 is 1.65. The molecule has 0 aliphatic heterocycles. The van der Waals surface area contributed by atoms with E-state index in [1.165, 1.54) is 17.0 Å². The third-order valence-electron chi connectivity index (χ3n) is 3.42. The monoisotopic (exact) mass is 287 g/mol. The molecule has 20 heavy (non-hydrogen) atoms. The van der Waals surface area contributed by atoms with E-state index in [9.17, 15) is 9.50 Å². The normalized spacial score (nSPS) is 14.3. The van der Waals surface area contributed by atoms with Crippen molar-refractivity contribution in [1.29, 1.82) is 0 Å². The lowest BCUT2D eigenvalue weighted by Gasteiger charge is -2.23. The Bertz CT molecular complexity index is 751. The molecule has 1 unspecified atom stereocenters. The molecule has 1 atom stereocenters. The summed E-state index contributed by atoms with van der Waals surface area (Å²) in [6.45, 7) is 1.69. The van der Waals surface area contributed by atoms with Crippen LogP contribution < -0.4 is 0 Å². The maximum atomic E-state index is 13.3. The van der Waals surface area contributed by atoms with E-state index >= 15 is 0 Å². The highest BCUT2D eigenvalue weighted by Crippen LogP contribution is 2.32. The number of hydrogen-bond donors (Lipinski definition) is 1. The number of benzene rings is 1. The van der Waals surface area contributed by atoms with Gasteiger partial charge in [0, 0.05) is 22.9 Å². The number of nitrogens with zero attached hydrogens (tertiary/aromatic N) is 1. The zero-order valence-corrected chi connectivity index (χ0v) is 11.8. The zero-order valence-electron chi connectivity index (χ0n) is 11.0. The van der Waals surface area contributed by atoms with Gasteiger partial charge < -0.3 is 5.11 Å². The molecule has 0 bridgehead atoms. The second-order valence-electron chi connectivity index (χ2n) is 5.10. The minimum atomic E-state index is -1.14. The molecular formula is C16H14FNOS. The SMILES string of the molecule is CC(O)(Cc1csc2ccccc12)c1cncc(F)c1. The Labute approximate surface area is 120 Å². The van der Waals surface area contributed by atoms with Gasteiger partial charge in [0.15, 0.2) is 0 Å². The van der Waals surface area contributed by atoms with Crippen molar-refractivity contribution in [2.45, 2.75) is 18.9 Å². The first-order valence-electron chi connectivity index (χ1n) is 6.35. The summed E-state index contributed by atoms with van der Waals surface area (Å²) in [4.78, 5) is 3.81. The molecule has 0 saturated carbocycles. The van der Waals surface area contributed by atoms with Crippen molar-refractivity contribution in [2.24, 2.45) is 0 Å². The number of halogens is 1. The lowest BCUT2D eigenvalue weighted by Crippen LogP contribution is -2.24. The predicted octanol–water partition coefficient (Wildman–Crippen LogP) is 3.89. The number of fused-ring (bicyclic) bond motifs is 1. The highest BCUT2D eigenvalue weighted by Gasteiger charge is 2.25. The lowest BCUT2D eigenvalue weighted by molar-refractivity contribution is 0.0573. The van der Waals surface area contributed by atoms with Gasteiger partial charge in [0.05, 0.1) is 11.8 Å². The van der Waals surface area contributed by atoms with Crippen molar-refractivity contribution in [3.8, 4) is 0 Å². The average Bonchev–Trinajstić information content (AvgIpc) is 2.82. The van der Waals surface area contributed by atoms with E-state index in [2.05, 4.69) is 11.1 Å². The number of rotatable bonds is 3. The average molecular weight is 287 g/mol. The maximum Gasteiger partial charge on any atom is 0.141 e. The number of aliphatic hydroxyl groups is 1. The molecule has 2 aromatic heterocycles. The van der Waals surface area contributed by atoms with E-state index in [4.69, 9.17) is 0 Å². The van der Waals surface area contributed by atoms with Crippen LogP contribution in [0.2, 0.25) is 0 Å². The van der Waals surface area contributed by atoms with E-state index in [1.807, 2.05) is 23.6 Å². The number of pyridine rings is 1. The fraction of sp³-hybridized carbons (Fsp3) is 0.188. The molecule has 3 rings (SSSR count). The van der Waals surface area contributed by atoms with Crippen LogP contribution in [0.25, 0.3) is 10.1 Å². The highest BCUT2D eigenvalue weighted by atomic mass is 32.1. The molecule has 1 N–H and O–H groups in total. The summed E-state index contributed by atoms with van der Waals surface area (Å²) in [5.74, 6) is -0.432. The van der Waals surface area contributed by atoms with Crippen LogP contribution in [0.1, 0.15) is 18.1 Å². The molecule has 102 valence electrons. The topological polar surface area (TPSA) is 33.1 Å². The van der Waals surface area contributed by atoms with Crippen LogP contribution in [0.4, 0.5) is 4.39 Å². The molecule has 2 nitrogen and oxygen atoms in total. The second kappa shape index (κ2) is 4.96. The molecule has 0 amide bonds. The molecule has 4 heteroatoms. The summed E-state index contributed by atoms with van der Waals surface area (Å²) in [5.41, 5.74) is 0.423. The van der Waals surface area contributed by atoms with Gasteiger partial charge in [-0.1, -0.05) is 18.2 Å². The van der Waals surface area contributed by atoms with Gasteiger partial charge in [-0.2, -0.15) is 0 Å². The fourth-order valence-corrected chi connectivity index (χ4v) is 3.31. The summed E-state index contributed by atoms with van der Waals surface area (Å²) in [6.07, 6.45) is 3.08. The molecule has 0 radical (unpaired) electrons. The third-order valence-corrected chi connectivity index (χ3v) is 4.43. The molecule has 0 saturated heterocycles. The molecule has 2 heterocycles. The van der Waals surface area contributed by atoms with Crippen LogP contribution in [0.5, 0.6) is 0 Å². The number of hydrogen-bond acceptors (Lipinski definition) is 3. The fourth-order valence-electron chi connectivity index (χ4n) is 2.35. The van der Waals surface area contributed by atoms with Gasteiger partial charge in [0.1, 0.15) is 5.82 Å². The minimum absolute atomic E-state index is 0.432. The Kier molecular flexibility index (Phi) is 3.28. The van der Waals surface area contributed by atoms with Crippen LogP contribution in [-0.4, -0.2) is 10.1 Å². The summed E-state index contributed by atoms with van der Waals surface area (Å²) in [7, 11) is 0. The third kappa shape index (κ3) is 2.44. The highest BCUT2D eigenvalue weighted by molar-refractivity contribution is 7.17. The van der Waals surface area contributed by atoms with Crippen LogP contribution in [0.15, 0.2) is 48.1 Å². The molecular weight excluding hydrogens is 273 g/mol. The van der Waals surface area contributed by atoms with E-state index in [0.29, 0.717) is 12.0 Å². The van der Waals surface area contributed by atoms with E-state index in [-0.39, 0.29) is 0 Å². The van der Waals surface area contributed by atoms with Gasteiger partial charge in [0.2, 0.25) is 0 Å². The van der Waals surface area contributed by atoms with Crippen LogP contribution in [0, 0.1) is 5.82 Å². The van der Waals surface area contributed by atoms with Gasteiger partial charge in [-0.25, -0.2) is 4.39 Å². The van der Waals surface area contributed by atoms with Crippen LogP contribution in [0.3, 0.4) is 0 Å². The molecule has 1 aromatic carbocycles. The van der Waals surface area contributed by atoms with E-state index in [0.717, 1.165) is 17.1 Å². The number of aromatic nitrogens is 1. The summed E-state index contributed by atoms with van der Waals surface area (Å²) < 4.78 is 14.4. The van der Waals surface area contributed by atoms with Crippen molar-refractivity contribution >= 4 is 21.4 Å². The minimum Gasteiger partial charge on any atom is -0.385 e. The van der Waals surface area contributed by atoms with Crippen molar-refractivity contribution in [1.82, 2.24) is 4.98 Å². The van der Waals surface area contributed by atoms with Crippen LogP contribution in [-0.2, 0) is 12.0 Å². The first kappa shape index (κ1) is 13.2. The van der Waals surface area contributed by atoms with Gasteiger partial charge >= 0.3 is 0 Å². The van der Waals surface area contributed by atoms with Gasteiger partial charge in [0.25, 0.3) is 0 Å². The van der Waals surface area contributed by atoms with Gasteiger partial charge in [-0.3, -0.25) is 4.98 Å². The quantitative estimate of drug-likeness (QED) is 0.793. The Morgan fingerprint density at radius 1 is 1.30 bits per heavy atom. The Morgan fingerprint density at radius 3 is 2.90 bits per heavy atom. The number of thiophene rings is 1. The predicted molar refractivity (Wildman–Crippen MR) is 79.3 cm³/mol. The van der Waals surface area contributed by atoms with Crippen molar-refractivity contribution in [2.75, 3.05) is 0 Å². The first-order chi connectivity index (χ1) is 9.56. The summed E-state index contributed by atoms with van der Waals surface area (Å²) in [6, 6.07) is 9.42. The van der Waals surface area contributed by atoms with Crippen molar-refractivity contribution < 1.29 is 9.50 Å². The smallest absolute Gasteiger partial charge is 0.141 e. The van der Waals surface area contributed by atoms with Gasteiger partial charge in [-0.15, -0.1) is 11.3 Å². The Balaban J connectivity index is 1.97. The molecule has 0 fully saturated rings. The summed E-state index contributed by atoms with van der Waals surface area (Å²) in [5, 5.41) is 13.8. The van der Waals surface area contributed by atoms with Gasteiger partial charge in [-0.05, 0) is 35.4 Å². The largest absolute Gasteiger partial charge is 0.385 e. The second-order valence-corrected chi connectivity index (χ2v) is 6.01. The first-order valence-corrected chi connectivity index (χ1v) is 7.23. The van der Waals surface area contributed by atoms with Crippen molar-refractivity contribution in [3.05, 3.63) is 65.0 Å². The maximum absolute atomic E-state index is 13.3. The van der Waals surface area contributed by atoms with E-state index in [1.54, 1.807) is 18.3 Å². The Morgan fingerprint density at radius 2 is 2.10 bits per heavy atom. The van der Waals surface area contributed by atoms with Crippen LogP contribution >= 0.6 is 11.3 Å².